The van der Waals surface area contributed by atoms with Crippen molar-refractivity contribution in [3.63, 3.8) is 0 Å². The number of carboxylic acid groups (broad SMARTS) is 1. The van der Waals surface area contributed by atoms with Crippen LogP contribution in [0.25, 0.3) is 0 Å². The zero-order valence-corrected chi connectivity index (χ0v) is 6.56. The Bertz CT molecular complexity index is 243. The van der Waals surface area contributed by atoms with Gasteiger partial charge >= 0.3 is 6.16 Å². The van der Waals surface area contributed by atoms with Gasteiger partial charge in [0.15, 0.2) is 0 Å². The lowest BCUT2D eigenvalue weighted by Gasteiger charge is -1.99. The van der Waals surface area contributed by atoms with Crippen LogP contribution in [-0.2, 0) is 11.2 Å². The lowest BCUT2D eigenvalue weighted by molar-refractivity contribution is 0.0927. The van der Waals surface area contributed by atoms with Gasteiger partial charge in [-0.25, -0.2) is 4.79 Å². The number of ether oxygens (including phenoxy) is 1. The molecule has 1 rings (SSSR count). The molecule has 0 aromatic heterocycles. The second-order valence-corrected chi connectivity index (χ2v) is 2.35. The fraction of sp³-hybridized carbons (Fsp3) is 0.222. The third-order valence-electron chi connectivity index (χ3n) is 1.46. The molecule has 0 aliphatic heterocycles. The molecule has 64 valence electrons. The molecule has 0 aliphatic rings. The van der Waals surface area contributed by atoms with Gasteiger partial charge in [-0.05, 0) is 5.56 Å². The van der Waals surface area contributed by atoms with E-state index in [4.69, 9.17) is 5.11 Å². The van der Waals surface area contributed by atoms with Crippen molar-refractivity contribution in [2.45, 2.75) is 6.42 Å². The van der Waals surface area contributed by atoms with E-state index in [9.17, 15) is 4.79 Å². The minimum Gasteiger partial charge on any atom is -0.450 e. The molecule has 0 radical (unpaired) electrons. The van der Waals surface area contributed by atoms with E-state index in [1.54, 1.807) is 0 Å². The largest absolute Gasteiger partial charge is 0.505 e. The van der Waals surface area contributed by atoms with Crippen LogP contribution < -0.4 is 0 Å². The third kappa shape index (κ3) is 3.05. The average Bonchev–Trinajstić information content (AvgIpc) is 2.05. The highest BCUT2D eigenvalue weighted by molar-refractivity contribution is 5.56. The molecule has 0 amide bonds. The number of rotatable bonds is 3. The Hall–Kier alpha value is -1.51. The maximum absolute atomic E-state index is 9.97. The fourth-order valence-corrected chi connectivity index (χ4v) is 0.901. The van der Waals surface area contributed by atoms with Gasteiger partial charge in [-0.15, -0.1) is 0 Å². The minimum absolute atomic E-state index is 0.222. The number of carbonyl (C=O) groups is 1. The van der Waals surface area contributed by atoms with Gasteiger partial charge in [0, 0.05) is 6.42 Å². The first kappa shape index (κ1) is 8.59. The van der Waals surface area contributed by atoms with Crippen LogP contribution in [0.4, 0.5) is 4.79 Å². The molecule has 0 unspecified atom stereocenters. The molecular weight excluding hydrogens is 156 g/mol. The molecule has 3 nitrogen and oxygen atoms in total. The summed E-state index contributed by atoms with van der Waals surface area (Å²) < 4.78 is 4.36. The summed E-state index contributed by atoms with van der Waals surface area (Å²) in [6, 6.07) is 9.62. The smallest absolute Gasteiger partial charge is 0.450 e. The Labute approximate surface area is 70.6 Å². The first-order valence-corrected chi connectivity index (χ1v) is 3.68. The van der Waals surface area contributed by atoms with E-state index in [2.05, 4.69) is 4.74 Å². The van der Waals surface area contributed by atoms with E-state index >= 15 is 0 Å². The van der Waals surface area contributed by atoms with Crippen molar-refractivity contribution >= 4 is 6.16 Å². The Morgan fingerprint density at radius 2 is 2.00 bits per heavy atom. The van der Waals surface area contributed by atoms with Gasteiger partial charge in [-0.1, -0.05) is 30.3 Å². The van der Waals surface area contributed by atoms with Crippen LogP contribution >= 0.6 is 0 Å². The van der Waals surface area contributed by atoms with Crippen molar-refractivity contribution in [3.8, 4) is 0 Å². The molecule has 0 saturated heterocycles. The summed E-state index contributed by atoms with van der Waals surface area (Å²) in [6.45, 7) is 0.222. The molecule has 0 saturated carbocycles. The first-order valence-electron chi connectivity index (χ1n) is 3.68. The Morgan fingerprint density at radius 3 is 2.58 bits per heavy atom. The molecule has 12 heavy (non-hydrogen) atoms. The van der Waals surface area contributed by atoms with Crippen molar-refractivity contribution in [1.82, 2.24) is 0 Å². The Balaban J connectivity index is 2.29. The maximum atomic E-state index is 9.97. The molecule has 0 atom stereocenters. The van der Waals surface area contributed by atoms with E-state index in [1.165, 1.54) is 0 Å². The summed E-state index contributed by atoms with van der Waals surface area (Å²) in [7, 11) is 0. The average molecular weight is 166 g/mol. The van der Waals surface area contributed by atoms with E-state index < -0.39 is 6.16 Å². The van der Waals surface area contributed by atoms with Gasteiger partial charge in [0.2, 0.25) is 0 Å². The van der Waals surface area contributed by atoms with Crippen molar-refractivity contribution in [3.05, 3.63) is 35.9 Å². The summed E-state index contributed by atoms with van der Waals surface area (Å²) >= 11 is 0. The van der Waals surface area contributed by atoms with Gasteiger partial charge in [-0.2, -0.15) is 0 Å². The van der Waals surface area contributed by atoms with Crippen molar-refractivity contribution in [1.29, 1.82) is 0 Å². The zero-order valence-electron chi connectivity index (χ0n) is 6.56. The van der Waals surface area contributed by atoms with Gasteiger partial charge in [0.1, 0.15) is 0 Å². The predicted molar refractivity (Wildman–Crippen MR) is 44.1 cm³/mol. The lowest BCUT2D eigenvalue weighted by Crippen LogP contribution is -2.03. The second-order valence-electron chi connectivity index (χ2n) is 2.35. The van der Waals surface area contributed by atoms with Crippen molar-refractivity contribution < 1.29 is 14.6 Å². The standard InChI is InChI=1S/C9H10O3/c10-9(11)12-7-6-8-4-2-1-3-5-8/h1-5H,6-7H2,(H,10,11). The summed E-state index contributed by atoms with van der Waals surface area (Å²) in [5, 5.41) is 8.17. The van der Waals surface area contributed by atoms with Crippen LogP contribution in [0.1, 0.15) is 5.56 Å². The molecule has 0 bridgehead atoms. The molecule has 1 N–H and O–H groups in total. The SMILES string of the molecule is O=C(O)OCCc1ccccc1. The molecule has 1 aromatic rings. The van der Waals surface area contributed by atoms with E-state index in [-0.39, 0.29) is 6.61 Å². The van der Waals surface area contributed by atoms with Crippen molar-refractivity contribution in [2.24, 2.45) is 0 Å². The monoisotopic (exact) mass is 166 g/mol. The predicted octanol–water partition coefficient (Wildman–Crippen LogP) is 1.92. The van der Waals surface area contributed by atoms with Crippen LogP contribution in [-0.4, -0.2) is 17.9 Å². The number of hydrogen-bond acceptors (Lipinski definition) is 2. The first-order chi connectivity index (χ1) is 5.79. The van der Waals surface area contributed by atoms with E-state index in [0.29, 0.717) is 6.42 Å². The highest BCUT2D eigenvalue weighted by atomic mass is 16.7. The summed E-state index contributed by atoms with van der Waals surface area (Å²) in [5.41, 5.74) is 1.08. The van der Waals surface area contributed by atoms with Gasteiger partial charge < -0.3 is 9.84 Å². The van der Waals surface area contributed by atoms with Crippen LogP contribution in [0.3, 0.4) is 0 Å². The summed E-state index contributed by atoms with van der Waals surface area (Å²) in [5.74, 6) is 0. The van der Waals surface area contributed by atoms with E-state index in [1.807, 2.05) is 30.3 Å². The lowest BCUT2D eigenvalue weighted by atomic mass is 10.2. The zero-order chi connectivity index (χ0) is 8.81. The quantitative estimate of drug-likeness (QED) is 0.698. The highest BCUT2D eigenvalue weighted by Gasteiger charge is 1.96. The number of benzene rings is 1. The molecule has 3 heteroatoms. The normalized spacial score (nSPS) is 9.33. The molecule has 0 spiro atoms. The summed E-state index contributed by atoms with van der Waals surface area (Å²) in [4.78, 5) is 9.97. The van der Waals surface area contributed by atoms with Crippen LogP contribution in [0.15, 0.2) is 30.3 Å². The van der Waals surface area contributed by atoms with Gasteiger partial charge in [-0.3, -0.25) is 0 Å². The van der Waals surface area contributed by atoms with Gasteiger partial charge in [0.05, 0.1) is 6.61 Å². The fourth-order valence-electron chi connectivity index (χ4n) is 0.901. The Morgan fingerprint density at radius 1 is 1.33 bits per heavy atom. The second kappa shape index (κ2) is 4.38. The third-order valence-corrected chi connectivity index (χ3v) is 1.46. The maximum Gasteiger partial charge on any atom is 0.505 e. The molecule has 0 fully saturated rings. The topological polar surface area (TPSA) is 46.5 Å². The van der Waals surface area contributed by atoms with Crippen molar-refractivity contribution in [2.75, 3.05) is 6.61 Å². The van der Waals surface area contributed by atoms with Crippen LogP contribution in [0.5, 0.6) is 0 Å². The molecular formula is C9H10O3. The Kier molecular flexibility index (Phi) is 3.14. The number of hydrogen-bond donors (Lipinski definition) is 1. The van der Waals surface area contributed by atoms with Crippen LogP contribution in [0.2, 0.25) is 0 Å². The minimum atomic E-state index is -1.22. The van der Waals surface area contributed by atoms with E-state index in [0.717, 1.165) is 5.56 Å². The molecule has 0 heterocycles. The highest BCUT2D eigenvalue weighted by Crippen LogP contribution is 1.99. The van der Waals surface area contributed by atoms with Crippen LogP contribution in [0, 0.1) is 0 Å². The summed E-state index contributed by atoms with van der Waals surface area (Å²) in [6.07, 6.45) is -0.585. The molecule has 0 aliphatic carbocycles. The molecule has 1 aromatic carbocycles. The van der Waals surface area contributed by atoms with Gasteiger partial charge in [0.25, 0.3) is 0 Å².